The van der Waals surface area contributed by atoms with Crippen molar-refractivity contribution >= 4 is 11.4 Å². The van der Waals surface area contributed by atoms with Crippen molar-refractivity contribution < 1.29 is 75.4 Å². The zero-order chi connectivity index (χ0) is 46.4. The van der Waals surface area contributed by atoms with Gasteiger partial charge in [0.1, 0.15) is 5.69 Å². The summed E-state index contributed by atoms with van der Waals surface area (Å²) < 4.78 is 18.6. The summed E-state index contributed by atoms with van der Waals surface area (Å²) in [5, 5.41) is 8.50. The van der Waals surface area contributed by atoms with E-state index in [1.165, 1.54) is 89.0 Å². The Morgan fingerprint density at radius 2 is 0.625 bits per heavy atom. The van der Waals surface area contributed by atoms with Crippen LogP contribution in [0.2, 0.25) is 0 Å². The second-order valence-electron chi connectivity index (χ2n) is 16.8. The van der Waals surface area contributed by atoms with E-state index < -0.39 is 0 Å². The second kappa shape index (κ2) is 26.4. The van der Waals surface area contributed by atoms with E-state index in [0.717, 1.165) is 33.6 Å². The molecule has 64 heavy (non-hydrogen) atoms. The quantitative estimate of drug-likeness (QED) is 0.0542. The van der Waals surface area contributed by atoms with Gasteiger partial charge in [-0.3, -0.25) is 5.11 Å². The van der Waals surface area contributed by atoms with Crippen LogP contribution in [-0.2, 0) is 18.9 Å². The molecule has 0 heterocycles. The number of ether oxygens (including phenoxy) is 4. The van der Waals surface area contributed by atoms with Crippen molar-refractivity contribution in [2.75, 3.05) is 54.9 Å². The molecule has 6 aromatic carbocycles. The molecule has 0 spiro atoms. The van der Waals surface area contributed by atoms with Crippen LogP contribution in [0.4, 0.5) is 11.4 Å². The fraction of sp³-hybridized carbons (Fsp3) is 0.357. The summed E-state index contributed by atoms with van der Waals surface area (Å²) in [5.74, 6) is 0. The standard InChI is InChI=1S/C48H50N3.2C4H10O2.K/c1-27-19-31(5)43(32(6)20-27)39-15-13-16-40(44-33(7)21-28(2)22-34(44)8)47(39)49-51-50-48-41(45-35(9)23-29(3)24-36(45)10)17-14-18-42(48)46-37(11)25-30(4)26-38(46)12;2*1-5-3-4-6-2;/h13-26H,1-12H3;2*3-4H2,1-2H3;/q-1;;;+1/p+1. The largest absolute Gasteiger partial charge is 1.00 e. The molecule has 0 aliphatic rings. The maximum atomic E-state index is 5.16. The molecular formula is C56H71KN3O4+. The van der Waals surface area contributed by atoms with E-state index in [-0.39, 0.29) is 51.4 Å². The van der Waals surface area contributed by atoms with Crippen LogP contribution in [0.25, 0.3) is 49.9 Å². The SMILES string of the molecule is COCCOC.COCCOC.Cc1cc(C)c(-c2cccc(-c3c(C)cc(C)cc3C)c2[N-]N=[NH+]c2c(-c3c(C)cc(C)cc3C)cccc2-c2c(C)cc(C)cc2C)c(C)c1.[K+]. The molecule has 0 aliphatic carbocycles. The minimum Gasteiger partial charge on any atom is -0.382 e. The fourth-order valence-corrected chi connectivity index (χ4v) is 9.02. The van der Waals surface area contributed by atoms with Crippen molar-refractivity contribution in [3.8, 4) is 44.5 Å². The summed E-state index contributed by atoms with van der Waals surface area (Å²) in [6.45, 7) is 29.0. The Bertz CT molecular complexity index is 2270. The van der Waals surface area contributed by atoms with E-state index >= 15 is 0 Å². The number of methoxy groups -OCH3 is 4. The third-order valence-electron chi connectivity index (χ3n) is 11.2. The molecule has 0 saturated carbocycles. The first kappa shape index (κ1) is 54.5. The number of para-hydroxylation sites is 1. The summed E-state index contributed by atoms with van der Waals surface area (Å²) in [4.78, 5) is 0. The molecular weight excluding hydrogens is 818 g/mol. The van der Waals surface area contributed by atoms with Crippen molar-refractivity contribution in [2.45, 2.75) is 83.1 Å². The molecule has 0 unspecified atom stereocenters. The van der Waals surface area contributed by atoms with Crippen molar-refractivity contribution in [3.05, 3.63) is 157 Å². The Morgan fingerprint density at radius 1 is 0.391 bits per heavy atom. The molecule has 0 aromatic heterocycles. The molecule has 0 fully saturated rings. The molecule has 0 aliphatic heterocycles. The molecule has 0 radical (unpaired) electrons. The molecule has 6 aromatic rings. The molecule has 8 heteroatoms. The summed E-state index contributed by atoms with van der Waals surface area (Å²) >= 11 is 0. The van der Waals surface area contributed by atoms with Crippen molar-refractivity contribution in [1.82, 2.24) is 0 Å². The molecule has 0 amide bonds. The first-order valence-electron chi connectivity index (χ1n) is 21.8. The molecule has 0 atom stereocenters. The smallest absolute Gasteiger partial charge is 0.382 e. The van der Waals surface area contributed by atoms with Gasteiger partial charge in [-0.1, -0.05) is 112 Å². The number of rotatable bonds is 13. The number of benzene rings is 6. The Hall–Kier alpha value is -3.80. The minimum absolute atomic E-state index is 0. The topological polar surface area (TPSA) is 77.4 Å². The van der Waals surface area contributed by atoms with E-state index in [9.17, 15) is 0 Å². The number of aryl methyl sites for hydroxylation is 12. The number of nitrogens with zero attached hydrogens (tertiary/aromatic N) is 2. The normalized spacial score (nSPS) is 10.8. The maximum Gasteiger partial charge on any atom is 1.00 e. The Labute approximate surface area is 427 Å². The van der Waals surface area contributed by atoms with Crippen LogP contribution < -0.4 is 56.5 Å². The molecule has 0 bridgehead atoms. The molecule has 1 N–H and O–H groups in total. The molecule has 334 valence electrons. The Morgan fingerprint density at radius 3 is 0.875 bits per heavy atom. The zero-order valence-electron chi connectivity index (χ0n) is 41.9. The predicted molar refractivity (Wildman–Crippen MR) is 265 cm³/mol. The van der Waals surface area contributed by atoms with Crippen LogP contribution in [-0.4, -0.2) is 54.9 Å². The van der Waals surface area contributed by atoms with E-state index in [2.05, 4.69) is 192 Å². The van der Waals surface area contributed by atoms with Crippen LogP contribution in [0, 0.1) is 83.1 Å². The molecule has 0 saturated heterocycles. The van der Waals surface area contributed by atoms with Gasteiger partial charge >= 0.3 is 51.4 Å². The van der Waals surface area contributed by atoms with Crippen molar-refractivity contribution in [3.63, 3.8) is 0 Å². The van der Waals surface area contributed by atoms with Gasteiger partial charge in [-0.05, 0) is 150 Å². The third kappa shape index (κ3) is 14.1. The van der Waals surface area contributed by atoms with Crippen LogP contribution in [0.1, 0.15) is 66.8 Å². The fourth-order valence-electron chi connectivity index (χ4n) is 9.02. The third-order valence-corrected chi connectivity index (χ3v) is 11.2. The first-order valence-corrected chi connectivity index (χ1v) is 21.8. The van der Waals surface area contributed by atoms with Gasteiger partial charge in [0.05, 0.1) is 32.1 Å². The first-order chi connectivity index (χ1) is 30.1. The van der Waals surface area contributed by atoms with Gasteiger partial charge in [0, 0.05) is 50.7 Å². The summed E-state index contributed by atoms with van der Waals surface area (Å²) in [7, 11) is 6.61. The maximum absolute atomic E-state index is 5.16. The molecule has 7 nitrogen and oxygen atoms in total. The average molecular weight is 889 g/mol. The van der Waals surface area contributed by atoms with E-state index in [1.54, 1.807) is 28.4 Å². The average Bonchev–Trinajstić information content (AvgIpc) is 3.19. The van der Waals surface area contributed by atoms with Crippen molar-refractivity contribution in [2.24, 2.45) is 5.22 Å². The van der Waals surface area contributed by atoms with E-state index in [1.807, 2.05) is 0 Å². The van der Waals surface area contributed by atoms with Crippen molar-refractivity contribution in [1.29, 1.82) is 0 Å². The summed E-state index contributed by atoms with van der Waals surface area (Å²) in [6.07, 6.45) is 0. The number of nitrogens with one attached hydrogen (secondary N) is 1. The van der Waals surface area contributed by atoms with Crippen LogP contribution in [0.5, 0.6) is 0 Å². The predicted octanol–water partition coefficient (Wildman–Crippen LogP) is 10.4. The van der Waals surface area contributed by atoms with Gasteiger partial charge in [0.2, 0.25) is 0 Å². The van der Waals surface area contributed by atoms with Gasteiger partial charge < -0.3 is 18.9 Å². The van der Waals surface area contributed by atoms with E-state index in [0.29, 0.717) is 26.4 Å². The van der Waals surface area contributed by atoms with Gasteiger partial charge in [0.25, 0.3) is 0 Å². The van der Waals surface area contributed by atoms with E-state index in [4.69, 9.17) is 10.6 Å². The Kier molecular flexibility index (Phi) is 22.5. The van der Waals surface area contributed by atoms with Crippen LogP contribution in [0.15, 0.2) is 90.2 Å². The minimum atomic E-state index is 0. The molecule has 6 rings (SSSR count). The van der Waals surface area contributed by atoms with Crippen LogP contribution >= 0.6 is 0 Å². The van der Waals surface area contributed by atoms with Gasteiger partial charge in [-0.2, -0.15) is 0 Å². The zero-order valence-corrected chi connectivity index (χ0v) is 45.1. The van der Waals surface area contributed by atoms with Crippen LogP contribution in [0.3, 0.4) is 0 Å². The number of hydrogen-bond acceptors (Lipinski definition) is 5. The second-order valence-corrected chi connectivity index (χ2v) is 16.8. The summed E-state index contributed by atoms with van der Waals surface area (Å²) in [5.41, 5.74) is 31.2. The van der Waals surface area contributed by atoms with Gasteiger partial charge in [-0.15, -0.1) is 5.43 Å². The monoisotopic (exact) mass is 889 g/mol. The number of hydrogen-bond donors (Lipinski definition) is 1. The Balaban J connectivity index is 0.000000739. The van der Waals surface area contributed by atoms with Gasteiger partial charge in [-0.25, -0.2) is 0 Å². The van der Waals surface area contributed by atoms with Gasteiger partial charge in [0.15, 0.2) is 0 Å². The summed E-state index contributed by atoms with van der Waals surface area (Å²) in [6, 6.07) is 31.3.